The number of rotatable bonds is 3. The summed E-state index contributed by atoms with van der Waals surface area (Å²) >= 11 is 1.34. The van der Waals surface area contributed by atoms with Gasteiger partial charge >= 0.3 is 0 Å². The van der Waals surface area contributed by atoms with Gasteiger partial charge in [0.05, 0.1) is 6.54 Å². The number of carbonyl (C=O) groups is 1. The first kappa shape index (κ1) is 14.7. The highest BCUT2D eigenvalue weighted by Gasteiger charge is 2.22. The van der Waals surface area contributed by atoms with E-state index in [0.29, 0.717) is 23.1 Å². The van der Waals surface area contributed by atoms with Crippen molar-refractivity contribution in [3.8, 4) is 11.5 Å². The quantitative estimate of drug-likeness (QED) is 0.776. The predicted octanol–water partition coefficient (Wildman–Crippen LogP) is 1.33. The van der Waals surface area contributed by atoms with Crippen LogP contribution in [0.2, 0.25) is 0 Å². The molecule has 1 N–H and O–H groups in total. The van der Waals surface area contributed by atoms with Gasteiger partial charge in [0.25, 0.3) is 11.5 Å². The summed E-state index contributed by atoms with van der Waals surface area (Å²) in [5.41, 5.74) is -0.382. The predicted molar refractivity (Wildman–Crippen MR) is 88.0 cm³/mol. The van der Waals surface area contributed by atoms with Crippen molar-refractivity contribution >= 4 is 22.2 Å². The number of amides is 1. The summed E-state index contributed by atoms with van der Waals surface area (Å²) in [6.45, 7) is 0.567. The van der Waals surface area contributed by atoms with E-state index in [9.17, 15) is 9.59 Å². The minimum atomic E-state index is -0.476. The van der Waals surface area contributed by atoms with E-state index >= 15 is 0 Å². The Balaban J connectivity index is 1.45. The van der Waals surface area contributed by atoms with E-state index in [-0.39, 0.29) is 23.8 Å². The van der Waals surface area contributed by atoms with Crippen molar-refractivity contribution in [1.29, 1.82) is 0 Å². The average molecular weight is 343 g/mol. The molecule has 8 heteroatoms. The van der Waals surface area contributed by atoms with Gasteiger partial charge in [0.1, 0.15) is 18.3 Å². The SMILES string of the molecule is O=C(NCC1COc2ccccc2O1)c1cnc2sccn2c1=O. The Kier molecular flexibility index (Phi) is 3.66. The molecule has 1 amide bonds. The molecule has 1 aliphatic heterocycles. The summed E-state index contributed by atoms with van der Waals surface area (Å²) in [5, 5.41) is 4.45. The van der Waals surface area contributed by atoms with Crippen LogP contribution in [0.5, 0.6) is 11.5 Å². The third-order valence-electron chi connectivity index (χ3n) is 3.65. The summed E-state index contributed by atoms with van der Waals surface area (Å²) in [4.78, 5) is 29.2. The maximum Gasteiger partial charge on any atom is 0.271 e. The van der Waals surface area contributed by atoms with Gasteiger partial charge in [-0.1, -0.05) is 12.1 Å². The van der Waals surface area contributed by atoms with Gasteiger partial charge in [-0.15, -0.1) is 11.3 Å². The number of ether oxygens (including phenoxy) is 2. The van der Waals surface area contributed by atoms with Crippen LogP contribution in [-0.2, 0) is 0 Å². The van der Waals surface area contributed by atoms with Gasteiger partial charge in [0, 0.05) is 17.8 Å². The Morgan fingerprint density at radius 1 is 1.38 bits per heavy atom. The number of para-hydroxylation sites is 2. The lowest BCUT2D eigenvalue weighted by Gasteiger charge is -2.26. The monoisotopic (exact) mass is 343 g/mol. The molecule has 0 spiro atoms. The van der Waals surface area contributed by atoms with Gasteiger partial charge in [-0.2, -0.15) is 0 Å². The van der Waals surface area contributed by atoms with Crippen molar-refractivity contribution in [3.05, 3.63) is 58.0 Å². The van der Waals surface area contributed by atoms with Crippen LogP contribution < -0.4 is 20.3 Å². The summed E-state index contributed by atoms with van der Waals surface area (Å²) in [5.74, 6) is 0.852. The molecule has 0 saturated heterocycles. The van der Waals surface area contributed by atoms with Crippen LogP contribution in [0.3, 0.4) is 0 Å². The molecule has 7 nitrogen and oxygen atoms in total. The largest absolute Gasteiger partial charge is 0.486 e. The maximum atomic E-state index is 12.3. The molecule has 1 atom stereocenters. The minimum absolute atomic E-state index is 0.00280. The van der Waals surface area contributed by atoms with Crippen LogP contribution >= 0.6 is 11.3 Å². The lowest BCUT2D eigenvalue weighted by Crippen LogP contribution is -2.42. The zero-order valence-electron chi connectivity index (χ0n) is 12.5. The molecule has 1 aliphatic rings. The molecule has 24 heavy (non-hydrogen) atoms. The molecular weight excluding hydrogens is 330 g/mol. The maximum absolute atomic E-state index is 12.3. The molecule has 0 saturated carbocycles. The van der Waals surface area contributed by atoms with Crippen molar-refractivity contribution in [2.45, 2.75) is 6.10 Å². The highest BCUT2D eigenvalue weighted by molar-refractivity contribution is 7.15. The van der Waals surface area contributed by atoms with E-state index in [1.54, 1.807) is 11.6 Å². The summed E-state index contributed by atoms with van der Waals surface area (Å²) in [6, 6.07) is 7.36. The number of fused-ring (bicyclic) bond motifs is 2. The smallest absolute Gasteiger partial charge is 0.271 e. The second kappa shape index (κ2) is 5.97. The fourth-order valence-electron chi connectivity index (χ4n) is 2.45. The van der Waals surface area contributed by atoms with Gasteiger partial charge < -0.3 is 14.8 Å². The van der Waals surface area contributed by atoms with Crippen LogP contribution in [-0.4, -0.2) is 34.5 Å². The lowest BCUT2D eigenvalue weighted by molar-refractivity contribution is 0.0788. The molecule has 0 aliphatic carbocycles. The van der Waals surface area contributed by atoms with Gasteiger partial charge in [-0.25, -0.2) is 4.98 Å². The molecule has 2 aromatic heterocycles. The second-order valence-corrected chi connectivity index (χ2v) is 6.11. The minimum Gasteiger partial charge on any atom is -0.486 e. The van der Waals surface area contributed by atoms with E-state index in [1.165, 1.54) is 21.9 Å². The average Bonchev–Trinajstić information content (AvgIpc) is 3.09. The number of aromatic nitrogens is 2. The Morgan fingerprint density at radius 2 is 2.21 bits per heavy atom. The van der Waals surface area contributed by atoms with E-state index < -0.39 is 5.91 Å². The molecule has 0 bridgehead atoms. The number of hydrogen-bond acceptors (Lipinski definition) is 6. The van der Waals surface area contributed by atoms with Crippen molar-refractivity contribution in [2.75, 3.05) is 13.2 Å². The molecule has 3 heterocycles. The molecule has 3 aromatic rings. The highest BCUT2D eigenvalue weighted by Crippen LogP contribution is 2.30. The fraction of sp³-hybridized carbons (Fsp3) is 0.188. The topological polar surface area (TPSA) is 81.9 Å². The van der Waals surface area contributed by atoms with Crippen LogP contribution in [0.1, 0.15) is 10.4 Å². The third kappa shape index (κ3) is 2.61. The van der Waals surface area contributed by atoms with Crippen molar-refractivity contribution in [1.82, 2.24) is 14.7 Å². The summed E-state index contributed by atoms with van der Waals surface area (Å²) < 4.78 is 12.7. The van der Waals surface area contributed by atoms with Gasteiger partial charge in [-0.05, 0) is 12.1 Å². The molecular formula is C16H13N3O4S. The summed E-state index contributed by atoms with van der Waals surface area (Å²) in [7, 11) is 0. The van der Waals surface area contributed by atoms with E-state index in [4.69, 9.17) is 9.47 Å². The van der Waals surface area contributed by atoms with Crippen molar-refractivity contribution < 1.29 is 14.3 Å². The van der Waals surface area contributed by atoms with E-state index in [1.807, 2.05) is 24.3 Å². The van der Waals surface area contributed by atoms with Gasteiger partial charge in [0.15, 0.2) is 16.5 Å². The van der Waals surface area contributed by atoms with E-state index in [2.05, 4.69) is 10.3 Å². The fourth-order valence-corrected chi connectivity index (χ4v) is 3.12. The number of hydrogen-bond donors (Lipinski definition) is 1. The number of nitrogens with zero attached hydrogens (tertiary/aromatic N) is 2. The molecule has 4 rings (SSSR count). The van der Waals surface area contributed by atoms with Crippen LogP contribution in [0.15, 0.2) is 46.8 Å². The first-order valence-electron chi connectivity index (χ1n) is 7.34. The number of thiazole rings is 1. The molecule has 1 aromatic carbocycles. The van der Waals surface area contributed by atoms with Crippen molar-refractivity contribution in [3.63, 3.8) is 0 Å². The number of benzene rings is 1. The van der Waals surface area contributed by atoms with E-state index in [0.717, 1.165) is 0 Å². The first-order valence-corrected chi connectivity index (χ1v) is 8.22. The number of nitrogens with one attached hydrogen (secondary N) is 1. The van der Waals surface area contributed by atoms with Crippen molar-refractivity contribution in [2.24, 2.45) is 0 Å². The van der Waals surface area contributed by atoms with Gasteiger partial charge in [-0.3, -0.25) is 14.0 Å². The highest BCUT2D eigenvalue weighted by atomic mass is 32.1. The van der Waals surface area contributed by atoms with Crippen LogP contribution in [0.4, 0.5) is 0 Å². The lowest BCUT2D eigenvalue weighted by atomic mass is 10.2. The number of carbonyl (C=O) groups excluding carboxylic acids is 1. The Hall–Kier alpha value is -2.87. The zero-order chi connectivity index (χ0) is 16.5. The molecule has 0 fully saturated rings. The standard InChI is InChI=1S/C16H13N3O4S/c20-14(11-8-18-16-19(15(11)21)5-6-24-16)17-7-10-9-22-12-3-1-2-4-13(12)23-10/h1-6,8,10H,7,9H2,(H,17,20). The zero-order valence-corrected chi connectivity index (χ0v) is 13.3. The third-order valence-corrected chi connectivity index (χ3v) is 4.42. The Morgan fingerprint density at radius 3 is 3.08 bits per heavy atom. The molecule has 1 unspecified atom stereocenters. The summed E-state index contributed by atoms with van der Waals surface area (Å²) in [6.07, 6.45) is 2.59. The normalized spacial score (nSPS) is 16.1. The van der Waals surface area contributed by atoms with Gasteiger partial charge in [0.2, 0.25) is 0 Å². The molecule has 122 valence electrons. The molecule has 0 radical (unpaired) electrons. The second-order valence-electron chi connectivity index (χ2n) is 5.24. The first-order chi connectivity index (χ1) is 11.7. The Labute approximate surface area is 140 Å². The van der Waals surface area contributed by atoms with Crippen LogP contribution in [0, 0.1) is 0 Å². The Bertz CT molecular complexity index is 965. The van der Waals surface area contributed by atoms with Crippen LogP contribution in [0.25, 0.3) is 4.96 Å².